The molecular weight excluding hydrogens is 362 g/mol. The van der Waals surface area contributed by atoms with Gasteiger partial charge in [-0.1, -0.05) is 0 Å². The fourth-order valence-corrected chi connectivity index (χ4v) is 4.61. The van der Waals surface area contributed by atoms with Crippen LogP contribution in [0.5, 0.6) is 0 Å². The van der Waals surface area contributed by atoms with Crippen molar-refractivity contribution in [2.24, 2.45) is 0 Å². The van der Waals surface area contributed by atoms with Crippen molar-refractivity contribution in [2.75, 3.05) is 45.0 Å². The molecule has 8 heteroatoms. The topological polar surface area (TPSA) is 61.4 Å². The summed E-state index contributed by atoms with van der Waals surface area (Å²) in [6.07, 6.45) is 0.739. The number of thiophene rings is 1. The molecule has 1 aromatic heterocycles. The van der Waals surface area contributed by atoms with Crippen molar-refractivity contribution in [3.8, 4) is 0 Å². The van der Waals surface area contributed by atoms with E-state index in [-0.39, 0.29) is 5.75 Å². The molecule has 0 bridgehead atoms. The molecule has 2 heterocycles. The van der Waals surface area contributed by atoms with Crippen LogP contribution in [-0.4, -0.2) is 58.3 Å². The van der Waals surface area contributed by atoms with E-state index in [4.69, 9.17) is 0 Å². The van der Waals surface area contributed by atoms with Gasteiger partial charge in [0.1, 0.15) is 0 Å². The third-order valence-electron chi connectivity index (χ3n) is 3.21. The van der Waals surface area contributed by atoms with E-state index in [1.54, 1.807) is 11.3 Å². The van der Waals surface area contributed by atoms with Crippen LogP contribution in [0.3, 0.4) is 0 Å². The van der Waals surface area contributed by atoms with E-state index < -0.39 is 10.0 Å². The zero-order chi connectivity index (χ0) is 14.4. The molecule has 0 amide bonds. The lowest BCUT2D eigenvalue weighted by molar-refractivity contribution is 0.253. The molecule has 0 spiro atoms. The zero-order valence-corrected chi connectivity index (χ0v) is 14.5. The van der Waals surface area contributed by atoms with Crippen LogP contribution in [0.2, 0.25) is 0 Å². The Kier molecular flexibility index (Phi) is 6.44. The van der Waals surface area contributed by atoms with Crippen molar-refractivity contribution in [1.29, 1.82) is 0 Å². The standard InChI is InChI=1S/C12H20BrN3O2S2/c13-12-2-1-11(19-12)3-4-15-20(17,18)10-9-16-7-5-14-6-8-16/h1-2,14-15H,3-10H2. The number of halogens is 1. The predicted molar refractivity (Wildman–Crippen MR) is 86.8 cm³/mol. The van der Waals surface area contributed by atoms with Gasteiger partial charge in [-0.05, 0) is 34.5 Å². The SMILES string of the molecule is O=S(=O)(CCN1CCNCC1)NCCc1ccc(Br)s1. The maximum atomic E-state index is 11.9. The quantitative estimate of drug-likeness (QED) is 0.735. The Balaban J connectivity index is 1.67. The number of hydrogen-bond donors (Lipinski definition) is 2. The van der Waals surface area contributed by atoms with Gasteiger partial charge in [0.05, 0.1) is 9.54 Å². The van der Waals surface area contributed by atoms with Crippen molar-refractivity contribution < 1.29 is 8.42 Å². The summed E-state index contributed by atoms with van der Waals surface area (Å²) in [6, 6.07) is 4.00. The summed E-state index contributed by atoms with van der Waals surface area (Å²) in [5.41, 5.74) is 0. The Morgan fingerprint density at radius 3 is 2.75 bits per heavy atom. The van der Waals surface area contributed by atoms with E-state index >= 15 is 0 Å². The molecule has 20 heavy (non-hydrogen) atoms. The molecule has 0 unspecified atom stereocenters. The highest BCUT2D eigenvalue weighted by molar-refractivity contribution is 9.11. The summed E-state index contributed by atoms with van der Waals surface area (Å²) in [4.78, 5) is 3.37. The third kappa shape index (κ3) is 5.79. The maximum Gasteiger partial charge on any atom is 0.212 e. The van der Waals surface area contributed by atoms with E-state index in [1.807, 2.05) is 12.1 Å². The van der Waals surface area contributed by atoms with E-state index in [1.165, 1.54) is 4.88 Å². The molecule has 0 radical (unpaired) electrons. The average molecular weight is 382 g/mol. The lowest BCUT2D eigenvalue weighted by Crippen LogP contribution is -2.46. The van der Waals surface area contributed by atoms with E-state index in [2.05, 4.69) is 30.9 Å². The summed E-state index contributed by atoms with van der Waals surface area (Å²) < 4.78 is 27.6. The number of nitrogens with zero attached hydrogens (tertiary/aromatic N) is 1. The predicted octanol–water partition coefficient (Wildman–Crippen LogP) is 0.878. The monoisotopic (exact) mass is 381 g/mol. The van der Waals surface area contributed by atoms with Gasteiger partial charge in [-0.25, -0.2) is 13.1 Å². The molecule has 114 valence electrons. The lowest BCUT2D eigenvalue weighted by Gasteiger charge is -2.26. The fraction of sp³-hybridized carbons (Fsp3) is 0.667. The third-order valence-corrected chi connectivity index (χ3v) is 6.26. The van der Waals surface area contributed by atoms with Crippen LogP contribution in [0.25, 0.3) is 0 Å². The summed E-state index contributed by atoms with van der Waals surface area (Å²) in [6.45, 7) is 4.83. The summed E-state index contributed by atoms with van der Waals surface area (Å²) in [7, 11) is -3.16. The largest absolute Gasteiger partial charge is 0.314 e. The molecule has 1 fully saturated rings. The highest BCUT2D eigenvalue weighted by Gasteiger charge is 2.15. The molecular formula is C12H20BrN3O2S2. The number of hydrogen-bond acceptors (Lipinski definition) is 5. The second-order valence-corrected chi connectivity index (χ2v) is 9.23. The van der Waals surface area contributed by atoms with Gasteiger partial charge in [0.25, 0.3) is 0 Å². The van der Waals surface area contributed by atoms with Gasteiger partial charge in [0.15, 0.2) is 0 Å². The normalized spacial score (nSPS) is 17.4. The molecule has 5 nitrogen and oxygen atoms in total. The first-order chi connectivity index (χ1) is 9.55. The first-order valence-electron chi connectivity index (χ1n) is 6.70. The maximum absolute atomic E-state index is 11.9. The molecule has 2 rings (SSSR count). The van der Waals surface area contributed by atoms with Crippen LogP contribution in [0, 0.1) is 0 Å². The van der Waals surface area contributed by atoms with Crippen molar-refractivity contribution in [1.82, 2.24) is 14.9 Å². The minimum absolute atomic E-state index is 0.182. The molecule has 0 atom stereocenters. The molecule has 2 N–H and O–H groups in total. The van der Waals surface area contributed by atoms with Crippen molar-refractivity contribution in [3.05, 3.63) is 20.8 Å². The fourth-order valence-electron chi connectivity index (χ4n) is 2.07. The Morgan fingerprint density at radius 1 is 1.35 bits per heavy atom. The Bertz CT molecular complexity index is 513. The van der Waals surface area contributed by atoms with Gasteiger partial charge >= 0.3 is 0 Å². The van der Waals surface area contributed by atoms with E-state index in [0.717, 1.165) is 36.4 Å². The zero-order valence-electron chi connectivity index (χ0n) is 11.3. The van der Waals surface area contributed by atoms with Crippen LogP contribution in [0.4, 0.5) is 0 Å². The first kappa shape index (κ1) is 16.4. The van der Waals surface area contributed by atoms with Gasteiger partial charge in [0, 0.05) is 44.1 Å². The van der Waals surface area contributed by atoms with E-state index in [9.17, 15) is 8.42 Å². The number of piperazine rings is 1. The summed E-state index contributed by atoms with van der Waals surface area (Å²) in [5, 5.41) is 3.26. The van der Waals surface area contributed by atoms with Gasteiger partial charge in [-0.15, -0.1) is 11.3 Å². The number of rotatable bonds is 7. The van der Waals surface area contributed by atoms with Crippen LogP contribution in [-0.2, 0) is 16.4 Å². The number of nitrogens with one attached hydrogen (secondary N) is 2. The minimum atomic E-state index is -3.16. The van der Waals surface area contributed by atoms with E-state index in [0.29, 0.717) is 13.1 Å². The highest BCUT2D eigenvalue weighted by atomic mass is 79.9. The smallest absolute Gasteiger partial charge is 0.212 e. The average Bonchev–Trinajstić information content (AvgIpc) is 2.83. The molecule has 1 aliphatic heterocycles. The van der Waals surface area contributed by atoms with Crippen molar-refractivity contribution in [2.45, 2.75) is 6.42 Å². The molecule has 1 aromatic rings. The highest BCUT2D eigenvalue weighted by Crippen LogP contribution is 2.22. The number of sulfonamides is 1. The molecule has 1 saturated heterocycles. The van der Waals surface area contributed by atoms with Crippen LogP contribution < -0.4 is 10.0 Å². The summed E-state index contributed by atoms with van der Waals surface area (Å²) in [5.74, 6) is 0.182. The van der Waals surface area contributed by atoms with Gasteiger partial charge in [0.2, 0.25) is 10.0 Å². The van der Waals surface area contributed by atoms with Crippen LogP contribution >= 0.6 is 27.3 Å². The molecule has 0 aliphatic carbocycles. The second kappa shape index (κ2) is 7.86. The lowest BCUT2D eigenvalue weighted by atomic mass is 10.3. The minimum Gasteiger partial charge on any atom is -0.314 e. The Morgan fingerprint density at radius 2 is 2.10 bits per heavy atom. The van der Waals surface area contributed by atoms with Crippen molar-refractivity contribution >= 4 is 37.3 Å². The van der Waals surface area contributed by atoms with Gasteiger partial charge in [-0.2, -0.15) is 0 Å². The van der Waals surface area contributed by atoms with Crippen molar-refractivity contribution in [3.63, 3.8) is 0 Å². The summed E-state index contributed by atoms with van der Waals surface area (Å²) >= 11 is 5.04. The van der Waals surface area contributed by atoms with Crippen LogP contribution in [0.1, 0.15) is 4.88 Å². The van der Waals surface area contributed by atoms with Gasteiger partial charge in [-0.3, -0.25) is 4.90 Å². The van der Waals surface area contributed by atoms with Crippen LogP contribution in [0.15, 0.2) is 15.9 Å². The Hall–Kier alpha value is 0.01000. The Labute approximate surface area is 132 Å². The second-order valence-electron chi connectivity index (χ2n) is 4.76. The molecule has 0 aromatic carbocycles. The first-order valence-corrected chi connectivity index (χ1v) is 9.96. The molecule has 0 saturated carbocycles. The molecule has 1 aliphatic rings. The van der Waals surface area contributed by atoms with Gasteiger partial charge < -0.3 is 5.32 Å².